The molecule has 2 aromatic rings. The van der Waals surface area contributed by atoms with E-state index in [2.05, 4.69) is 26.1 Å². The Morgan fingerprint density at radius 3 is 2.77 bits per heavy atom. The first kappa shape index (κ1) is 19.0. The summed E-state index contributed by atoms with van der Waals surface area (Å²) >= 11 is 3.48. The molecule has 0 radical (unpaired) electrons. The zero-order valence-corrected chi connectivity index (χ0v) is 16.8. The summed E-state index contributed by atoms with van der Waals surface area (Å²) in [6, 6.07) is 9.73. The van der Waals surface area contributed by atoms with Crippen molar-refractivity contribution >= 4 is 21.8 Å². The maximum Gasteiger partial charge on any atom is 0.260 e. The van der Waals surface area contributed by atoms with Crippen molar-refractivity contribution in [1.82, 2.24) is 10.2 Å². The van der Waals surface area contributed by atoms with E-state index in [-0.39, 0.29) is 11.9 Å². The van der Waals surface area contributed by atoms with Gasteiger partial charge < -0.3 is 14.5 Å². The van der Waals surface area contributed by atoms with E-state index in [0.29, 0.717) is 12.3 Å². The second-order valence-electron chi connectivity index (χ2n) is 6.71. The molecule has 1 aliphatic heterocycles. The smallest absolute Gasteiger partial charge is 0.260 e. The van der Waals surface area contributed by atoms with E-state index in [9.17, 15) is 4.79 Å². The second-order valence-corrected chi connectivity index (χ2v) is 7.57. The van der Waals surface area contributed by atoms with Crippen molar-refractivity contribution in [1.29, 1.82) is 0 Å². The lowest BCUT2D eigenvalue weighted by Gasteiger charge is -2.26. The highest BCUT2D eigenvalue weighted by atomic mass is 79.9. The normalized spacial score (nSPS) is 17.0. The number of nitrogens with zero attached hydrogens (tertiary/aromatic N) is 1. The SMILES string of the molecule is Cc1ccc(OC(C)C(=O)NCC(c2ccco2)N2CCCC2)c(Br)c1. The number of hydrogen-bond donors (Lipinski definition) is 1. The van der Waals surface area contributed by atoms with Crippen LogP contribution in [0.5, 0.6) is 5.75 Å². The summed E-state index contributed by atoms with van der Waals surface area (Å²) in [4.78, 5) is 14.9. The van der Waals surface area contributed by atoms with Gasteiger partial charge in [-0.2, -0.15) is 0 Å². The molecule has 1 saturated heterocycles. The fraction of sp³-hybridized carbons (Fsp3) is 0.450. The standard InChI is InChI=1S/C20H25BrN2O3/c1-14-7-8-18(16(21)12-14)26-15(2)20(24)22-13-17(19-6-5-11-25-19)23-9-3-4-10-23/h5-8,11-12,15,17H,3-4,9-10,13H2,1-2H3,(H,22,24). The third-order valence-corrected chi connectivity index (χ3v) is 5.30. The number of carbonyl (C=O) groups is 1. The van der Waals surface area contributed by atoms with Crippen LogP contribution in [0.4, 0.5) is 0 Å². The lowest BCUT2D eigenvalue weighted by molar-refractivity contribution is -0.127. The highest BCUT2D eigenvalue weighted by Crippen LogP contribution is 2.27. The number of aryl methyl sites for hydroxylation is 1. The number of ether oxygens (including phenoxy) is 1. The molecular formula is C20H25BrN2O3. The van der Waals surface area contributed by atoms with E-state index >= 15 is 0 Å². The molecule has 0 spiro atoms. The van der Waals surface area contributed by atoms with Crippen LogP contribution in [0.25, 0.3) is 0 Å². The Morgan fingerprint density at radius 2 is 2.12 bits per heavy atom. The van der Waals surface area contributed by atoms with Crippen molar-refractivity contribution in [3.05, 3.63) is 52.4 Å². The predicted molar refractivity (Wildman–Crippen MR) is 104 cm³/mol. The Hall–Kier alpha value is -1.79. The van der Waals surface area contributed by atoms with Gasteiger partial charge in [0.15, 0.2) is 6.10 Å². The van der Waals surface area contributed by atoms with Crippen LogP contribution in [0.1, 0.15) is 37.1 Å². The van der Waals surface area contributed by atoms with Gasteiger partial charge in [-0.1, -0.05) is 6.07 Å². The van der Waals surface area contributed by atoms with Gasteiger partial charge in [0.2, 0.25) is 0 Å². The zero-order chi connectivity index (χ0) is 18.5. The molecule has 0 aliphatic carbocycles. The molecule has 1 fully saturated rings. The summed E-state index contributed by atoms with van der Waals surface area (Å²) in [5, 5.41) is 3.02. The highest BCUT2D eigenvalue weighted by molar-refractivity contribution is 9.10. The van der Waals surface area contributed by atoms with Gasteiger partial charge in [0.25, 0.3) is 5.91 Å². The number of furan rings is 1. The molecule has 2 heterocycles. The fourth-order valence-corrected chi connectivity index (χ4v) is 3.82. The van der Waals surface area contributed by atoms with Gasteiger partial charge in [0, 0.05) is 6.54 Å². The van der Waals surface area contributed by atoms with Gasteiger partial charge in [-0.05, 0) is 85.5 Å². The summed E-state index contributed by atoms with van der Waals surface area (Å²) in [5.41, 5.74) is 1.13. The number of likely N-dealkylation sites (tertiary alicyclic amines) is 1. The topological polar surface area (TPSA) is 54.7 Å². The predicted octanol–water partition coefficient (Wildman–Crippen LogP) is 4.07. The second kappa shape index (κ2) is 8.73. The minimum atomic E-state index is -0.579. The minimum absolute atomic E-state index is 0.0646. The largest absolute Gasteiger partial charge is 0.480 e. The highest BCUT2D eigenvalue weighted by Gasteiger charge is 2.27. The average Bonchev–Trinajstić information content (AvgIpc) is 3.31. The van der Waals surface area contributed by atoms with Gasteiger partial charge in [-0.15, -0.1) is 0 Å². The van der Waals surface area contributed by atoms with Crippen LogP contribution < -0.4 is 10.1 Å². The van der Waals surface area contributed by atoms with Gasteiger partial charge >= 0.3 is 0 Å². The van der Waals surface area contributed by atoms with Crippen LogP contribution in [0, 0.1) is 6.92 Å². The molecule has 0 bridgehead atoms. The van der Waals surface area contributed by atoms with Gasteiger partial charge in [-0.3, -0.25) is 9.69 Å². The van der Waals surface area contributed by atoms with E-state index in [4.69, 9.17) is 9.15 Å². The van der Waals surface area contributed by atoms with Crippen LogP contribution >= 0.6 is 15.9 Å². The lowest BCUT2D eigenvalue weighted by Crippen LogP contribution is -2.41. The van der Waals surface area contributed by atoms with E-state index in [1.807, 2.05) is 37.3 Å². The monoisotopic (exact) mass is 420 g/mol. The Balaban J connectivity index is 1.59. The van der Waals surface area contributed by atoms with Crippen LogP contribution in [-0.4, -0.2) is 36.5 Å². The first-order chi connectivity index (χ1) is 12.5. The van der Waals surface area contributed by atoms with Crippen LogP contribution in [0.15, 0.2) is 45.5 Å². The molecule has 1 aromatic carbocycles. The molecule has 1 N–H and O–H groups in total. The lowest BCUT2D eigenvalue weighted by atomic mass is 10.2. The van der Waals surface area contributed by atoms with Gasteiger partial charge in [-0.25, -0.2) is 0 Å². The molecule has 6 heteroatoms. The average molecular weight is 421 g/mol. The number of nitrogens with one attached hydrogen (secondary N) is 1. The van der Waals surface area contributed by atoms with Crippen LogP contribution in [-0.2, 0) is 4.79 Å². The molecular weight excluding hydrogens is 396 g/mol. The number of benzene rings is 1. The summed E-state index contributed by atoms with van der Waals surface area (Å²) in [6.07, 6.45) is 3.48. The van der Waals surface area contributed by atoms with Crippen molar-refractivity contribution in [3.63, 3.8) is 0 Å². The van der Waals surface area contributed by atoms with Crippen molar-refractivity contribution in [2.45, 2.75) is 38.8 Å². The molecule has 2 unspecified atom stereocenters. The number of hydrogen-bond acceptors (Lipinski definition) is 4. The maximum absolute atomic E-state index is 12.5. The third kappa shape index (κ3) is 4.68. The number of amides is 1. The maximum atomic E-state index is 12.5. The Bertz CT molecular complexity index is 727. The molecule has 3 rings (SSSR count). The van der Waals surface area contributed by atoms with Crippen LogP contribution in [0.3, 0.4) is 0 Å². The molecule has 0 saturated carbocycles. The molecule has 140 valence electrons. The summed E-state index contributed by atoms with van der Waals surface area (Å²) < 4.78 is 12.3. The molecule has 1 amide bonds. The van der Waals surface area contributed by atoms with E-state index in [1.54, 1.807) is 13.2 Å². The molecule has 26 heavy (non-hydrogen) atoms. The van der Waals surface area contributed by atoms with Crippen molar-refractivity contribution in [2.24, 2.45) is 0 Å². The fourth-order valence-electron chi connectivity index (χ4n) is 3.23. The first-order valence-electron chi connectivity index (χ1n) is 9.02. The van der Waals surface area contributed by atoms with E-state index in [0.717, 1.165) is 28.9 Å². The summed E-state index contributed by atoms with van der Waals surface area (Å²) in [5.74, 6) is 1.43. The van der Waals surface area contributed by atoms with Crippen LogP contribution in [0.2, 0.25) is 0 Å². The molecule has 1 aliphatic rings. The van der Waals surface area contributed by atoms with Gasteiger partial charge in [0.1, 0.15) is 11.5 Å². The Kier molecular flexibility index (Phi) is 6.38. The first-order valence-corrected chi connectivity index (χ1v) is 9.82. The number of rotatable bonds is 7. The van der Waals surface area contributed by atoms with E-state index < -0.39 is 6.10 Å². The Labute approximate surface area is 162 Å². The van der Waals surface area contributed by atoms with Crippen molar-refractivity contribution < 1.29 is 13.9 Å². The summed E-state index contributed by atoms with van der Waals surface area (Å²) in [6.45, 7) is 6.35. The zero-order valence-electron chi connectivity index (χ0n) is 15.2. The number of halogens is 1. The third-order valence-electron chi connectivity index (χ3n) is 4.68. The van der Waals surface area contributed by atoms with Gasteiger partial charge in [0.05, 0.1) is 16.8 Å². The molecule has 5 nitrogen and oxygen atoms in total. The molecule has 2 atom stereocenters. The van der Waals surface area contributed by atoms with E-state index in [1.165, 1.54) is 12.8 Å². The number of carbonyl (C=O) groups excluding carboxylic acids is 1. The quantitative estimate of drug-likeness (QED) is 0.733. The van der Waals surface area contributed by atoms with Crippen molar-refractivity contribution in [2.75, 3.05) is 19.6 Å². The summed E-state index contributed by atoms with van der Waals surface area (Å²) in [7, 11) is 0. The van der Waals surface area contributed by atoms with Crippen molar-refractivity contribution in [3.8, 4) is 5.75 Å². The minimum Gasteiger partial charge on any atom is -0.480 e. The molecule has 1 aromatic heterocycles. The Morgan fingerprint density at radius 1 is 1.35 bits per heavy atom.